The molecule has 180 valence electrons. The van der Waals surface area contributed by atoms with E-state index < -0.39 is 0 Å². The number of nitrogens with zero attached hydrogens (tertiary/aromatic N) is 5. The Balaban J connectivity index is 1.36. The predicted octanol–water partition coefficient (Wildman–Crippen LogP) is 3.76. The topological polar surface area (TPSA) is 72.2 Å². The molecule has 4 aromatic rings. The molecule has 3 heterocycles. The molecule has 2 aromatic heterocycles. The number of carbonyl (C=O) groups excluding carboxylic acids is 1. The van der Waals surface area contributed by atoms with Gasteiger partial charge in [-0.05, 0) is 36.8 Å². The molecular formula is C27H29N5O3. The summed E-state index contributed by atoms with van der Waals surface area (Å²) in [7, 11) is 3.21. The molecule has 0 radical (unpaired) electrons. The number of hydrogen-bond donors (Lipinski definition) is 0. The lowest BCUT2D eigenvalue weighted by molar-refractivity contribution is 0.0490. The molecule has 1 aliphatic heterocycles. The van der Waals surface area contributed by atoms with Gasteiger partial charge in [-0.2, -0.15) is 5.10 Å². The molecule has 1 aliphatic rings. The Bertz CT molecular complexity index is 1340. The molecule has 0 bridgehead atoms. The van der Waals surface area contributed by atoms with Crippen LogP contribution in [0.5, 0.6) is 11.5 Å². The summed E-state index contributed by atoms with van der Waals surface area (Å²) in [5, 5.41) is 4.65. The lowest BCUT2D eigenvalue weighted by Crippen LogP contribution is -2.53. The first-order chi connectivity index (χ1) is 17.1. The molecule has 5 rings (SSSR count). The molecule has 35 heavy (non-hydrogen) atoms. The number of aromatic nitrogens is 3. The number of piperazine rings is 1. The molecular weight excluding hydrogens is 442 g/mol. The van der Waals surface area contributed by atoms with Crippen LogP contribution >= 0.6 is 0 Å². The molecule has 0 aliphatic carbocycles. The lowest BCUT2D eigenvalue weighted by Gasteiger charge is -2.39. The van der Waals surface area contributed by atoms with Crippen molar-refractivity contribution < 1.29 is 14.3 Å². The van der Waals surface area contributed by atoms with Crippen molar-refractivity contribution in [1.82, 2.24) is 24.4 Å². The predicted molar refractivity (Wildman–Crippen MR) is 134 cm³/mol. The number of ether oxygens (including phenoxy) is 2. The average molecular weight is 472 g/mol. The van der Waals surface area contributed by atoms with E-state index in [0.29, 0.717) is 35.9 Å². The van der Waals surface area contributed by atoms with Crippen LogP contribution in [0.15, 0.2) is 66.9 Å². The van der Waals surface area contributed by atoms with Gasteiger partial charge in [0.2, 0.25) is 0 Å². The van der Waals surface area contributed by atoms with Crippen LogP contribution in [0.4, 0.5) is 0 Å². The molecule has 0 spiro atoms. The van der Waals surface area contributed by atoms with Gasteiger partial charge in [0.05, 0.1) is 19.9 Å². The summed E-state index contributed by atoms with van der Waals surface area (Å²) in [4.78, 5) is 22.1. The van der Waals surface area contributed by atoms with Gasteiger partial charge in [0.15, 0.2) is 22.8 Å². The Kier molecular flexibility index (Phi) is 6.37. The molecule has 0 unspecified atom stereocenters. The summed E-state index contributed by atoms with van der Waals surface area (Å²) >= 11 is 0. The van der Waals surface area contributed by atoms with E-state index in [0.717, 1.165) is 24.3 Å². The number of benzene rings is 2. The highest BCUT2D eigenvalue weighted by Crippen LogP contribution is 2.32. The Morgan fingerprint density at radius 1 is 1.00 bits per heavy atom. The first kappa shape index (κ1) is 22.9. The second-order valence-electron chi connectivity index (χ2n) is 8.76. The Morgan fingerprint density at radius 3 is 2.54 bits per heavy atom. The summed E-state index contributed by atoms with van der Waals surface area (Å²) in [6.45, 7) is 5.21. The number of amides is 1. The minimum atomic E-state index is -0.0695. The van der Waals surface area contributed by atoms with E-state index in [1.165, 1.54) is 5.56 Å². The van der Waals surface area contributed by atoms with Gasteiger partial charge >= 0.3 is 0 Å². The summed E-state index contributed by atoms with van der Waals surface area (Å²) in [5.74, 6) is 1.21. The quantitative estimate of drug-likeness (QED) is 0.426. The summed E-state index contributed by atoms with van der Waals surface area (Å²) < 4.78 is 12.5. The van der Waals surface area contributed by atoms with Crippen molar-refractivity contribution >= 4 is 11.6 Å². The van der Waals surface area contributed by atoms with Crippen LogP contribution in [0.2, 0.25) is 0 Å². The van der Waals surface area contributed by atoms with Crippen LogP contribution in [0.1, 0.15) is 23.0 Å². The third-order valence-corrected chi connectivity index (χ3v) is 6.54. The molecule has 1 saturated heterocycles. The van der Waals surface area contributed by atoms with Gasteiger partial charge in [-0.1, -0.05) is 30.3 Å². The number of hydrogen-bond acceptors (Lipinski definition) is 6. The minimum absolute atomic E-state index is 0.0695. The number of carbonyl (C=O) groups is 1. The highest BCUT2D eigenvalue weighted by molar-refractivity contribution is 5.93. The van der Waals surface area contributed by atoms with Crippen molar-refractivity contribution in [3.05, 3.63) is 78.1 Å². The van der Waals surface area contributed by atoms with Gasteiger partial charge < -0.3 is 14.4 Å². The monoisotopic (exact) mass is 471 g/mol. The van der Waals surface area contributed by atoms with E-state index in [4.69, 9.17) is 9.47 Å². The third-order valence-electron chi connectivity index (χ3n) is 6.54. The maximum atomic E-state index is 13.4. The van der Waals surface area contributed by atoms with E-state index in [1.54, 1.807) is 31.0 Å². The fourth-order valence-corrected chi connectivity index (χ4v) is 4.61. The number of rotatable bonds is 6. The molecule has 8 heteroatoms. The van der Waals surface area contributed by atoms with Gasteiger partial charge in [-0.25, -0.2) is 9.50 Å². The fraction of sp³-hybridized carbons (Fsp3) is 0.296. The van der Waals surface area contributed by atoms with Crippen LogP contribution in [0, 0.1) is 0 Å². The van der Waals surface area contributed by atoms with Crippen molar-refractivity contribution in [2.45, 2.75) is 19.5 Å². The molecule has 0 saturated carbocycles. The van der Waals surface area contributed by atoms with Crippen LogP contribution < -0.4 is 9.47 Å². The zero-order chi connectivity index (χ0) is 24.4. The first-order valence-corrected chi connectivity index (χ1v) is 11.7. The van der Waals surface area contributed by atoms with Crippen molar-refractivity contribution in [3.8, 4) is 22.8 Å². The van der Waals surface area contributed by atoms with E-state index in [1.807, 2.05) is 35.2 Å². The first-order valence-electron chi connectivity index (χ1n) is 11.7. The van der Waals surface area contributed by atoms with Gasteiger partial charge in [-0.3, -0.25) is 9.69 Å². The van der Waals surface area contributed by atoms with E-state index in [-0.39, 0.29) is 11.9 Å². The van der Waals surface area contributed by atoms with Gasteiger partial charge in [0, 0.05) is 50.0 Å². The maximum absolute atomic E-state index is 13.4. The Morgan fingerprint density at radius 2 is 1.80 bits per heavy atom. The molecule has 1 fully saturated rings. The zero-order valence-electron chi connectivity index (χ0n) is 20.2. The van der Waals surface area contributed by atoms with Crippen molar-refractivity contribution in [1.29, 1.82) is 0 Å². The average Bonchev–Trinajstić information content (AvgIpc) is 3.34. The number of fused-ring (bicyclic) bond motifs is 1. The van der Waals surface area contributed by atoms with Crippen LogP contribution in [0.3, 0.4) is 0 Å². The summed E-state index contributed by atoms with van der Waals surface area (Å²) in [6.07, 6.45) is 1.72. The normalized spacial score (nSPS) is 16.4. The molecule has 1 atom stereocenters. The Labute approximate surface area is 204 Å². The van der Waals surface area contributed by atoms with Gasteiger partial charge in [0.1, 0.15) is 0 Å². The standard InChI is InChI=1S/C27H29N5O3/c1-19-17-31(14-13-30(19)18-20-7-5-4-6-8-20)27(33)22-16-26-28-12-11-23(32(26)29-22)21-9-10-24(34-2)25(15-21)35-3/h4-12,15-16,19H,13-14,17-18H2,1-3H3/t19-/m0/s1. The lowest BCUT2D eigenvalue weighted by atomic mass is 10.1. The van der Waals surface area contributed by atoms with Crippen molar-refractivity contribution in [2.75, 3.05) is 33.9 Å². The van der Waals surface area contributed by atoms with Crippen molar-refractivity contribution in [2.24, 2.45) is 0 Å². The van der Waals surface area contributed by atoms with Gasteiger partial charge in [-0.15, -0.1) is 0 Å². The second-order valence-corrected chi connectivity index (χ2v) is 8.76. The smallest absolute Gasteiger partial charge is 0.274 e. The third kappa shape index (κ3) is 4.57. The maximum Gasteiger partial charge on any atom is 0.274 e. The van der Waals surface area contributed by atoms with Crippen LogP contribution in [-0.4, -0.2) is 70.2 Å². The highest BCUT2D eigenvalue weighted by Gasteiger charge is 2.29. The molecule has 2 aromatic carbocycles. The SMILES string of the molecule is COc1ccc(-c2ccnc3cc(C(=O)N4CCN(Cc5ccccc5)[C@@H](C)C4)nn23)cc1OC. The minimum Gasteiger partial charge on any atom is -0.493 e. The second kappa shape index (κ2) is 9.76. The van der Waals surface area contributed by atoms with E-state index in [2.05, 4.69) is 46.2 Å². The summed E-state index contributed by atoms with van der Waals surface area (Å²) in [5.41, 5.74) is 4.01. The van der Waals surface area contributed by atoms with E-state index in [9.17, 15) is 4.79 Å². The number of methoxy groups -OCH3 is 2. The van der Waals surface area contributed by atoms with E-state index >= 15 is 0 Å². The fourth-order valence-electron chi connectivity index (χ4n) is 4.61. The van der Waals surface area contributed by atoms with Crippen LogP contribution in [0.25, 0.3) is 16.9 Å². The highest BCUT2D eigenvalue weighted by atomic mass is 16.5. The molecule has 1 amide bonds. The van der Waals surface area contributed by atoms with Crippen LogP contribution in [-0.2, 0) is 6.54 Å². The molecule has 0 N–H and O–H groups in total. The van der Waals surface area contributed by atoms with Gasteiger partial charge in [0.25, 0.3) is 5.91 Å². The molecule has 8 nitrogen and oxygen atoms in total. The largest absolute Gasteiger partial charge is 0.493 e. The summed E-state index contributed by atoms with van der Waals surface area (Å²) in [6, 6.07) is 20.0. The van der Waals surface area contributed by atoms with Crippen molar-refractivity contribution in [3.63, 3.8) is 0 Å². The Hall–Kier alpha value is -3.91. The zero-order valence-corrected chi connectivity index (χ0v) is 20.2.